The summed E-state index contributed by atoms with van der Waals surface area (Å²) < 4.78 is 7.22. The minimum Gasteiger partial charge on any atom is -0.372 e. The fourth-order valence-corrected chi connectivity index (χ4v) is 3.06. The average molecular weight is 392 g/mol. The van der Waals surface area contributed by atoms with Gasteiger partial charge < -0.3 is 4.74 Å². The summed E-state index contributed by atoms with van der Waals surface area (Å²) in [6, 6.07) is 8.38. The first-order valence-corrected chi connectivity index (χ1v) is 9.05. The van der Waals surface area contributed by atoms with Crippen LogP contribution in [0, 0.1) is 5.92 Å². The van der Waals surface area contributed by atoms with Gasteiger partial charge in [-0.2, -0.15) is 0 Å². The molecule has 2 atom stereocenters. The van der Waals surface area contributed by atoms with Crippen molar-refractivity contribution in [1.82, 2.24) is 0 Å². The fraction of sp³-hybridized carbons (Fsp3) is 0.625. The van der Waals surface area contributed by atoms with Gasteiger partial charge in [0.15, 0.2) is 0 Å². The fourth-order valence-electron chi connectivity index (χ4n) is 2.09. The summed E-state index contributed by atoms with van der Waals surface area (Å²) in [5.41, 5.74) is 1.23. The lowest BCUT2D eigenvalue weighted by molar-refractivity contribution is 0.0393. The van der Waals surface area contributed by atoms with Crippen molar-refractivity contribution in [2.24, 2.45) is 5.92 Å². The van der Waals surface area contributed by atoms with Crippen LogP contribution in [0.4, 0.5) is 0 Å². The Balaban J connectivity index is 2.52. The SMILES string of the molecule is CCCCC(CC)COC(CBr)c1cccc(Br)c1. The number of hydrogen-bond acceptors (Lipinski definition) is 1. The molecule has 1 aromatic rings. The van der Waals surface area contributed by atoms with Crippen LogP contribution in [0.3, 0.4) is 0 Å². The number of halogens is 2. The number of benzene rings is 1. The van der Waals surface area contributed by atoms with Crippen LogP contribution in [0.25, 0.3) is 0 Å². The highest BCUT2D eigenvalue weighted by atomic mass is 79.9. The molecule has 0 saturated carbocycles. The molecular weight excluding hydrogens is 368 g/mol. The average Bonchev–Trinajstić information content (AvgIpc) is 2.43. The summed E-state index contributed by atoms with van der Waals surface area (Å²) in [4.78, 5) is 0. The van der Waals surface area contributed by atoms with E-state index in [0.29, 0.717) is 5.92 Å². The van der Waals surface area contributed by atoms with Crippen molar-refractivity contribution in [3.63, 3.8) is 0 Å². The minimum absolute atomic E-state index is 0.146. The predicted octanol–water partition coefficient (Wildman–Crippen LogP) is 6.12. The largest absolute Gasteiger partial charge is 0.372 e. The van der Waals surface area contributed by atoms with Gasteiger partial charge in [0.1, 0.15) is 0 Å². The molecule has 2 unspecified atom stereocenters. The molecule has 0 spiro atoms. The molecule has 0 N–H and O–H groups in total. The van der Waals surface area contributed by atoms with E-state index >= 15 is 0 Å². The first-order chi connectivity index (χ1) is 9.21. The lowest BCUT2D eigenvalue weighted by Gasteiger charge is -2.20. The lowest BCUT2D eigenvalue weighted by Crippen LogP contribution is -2.14. The molecule has 108 valence electrons. The van der Waals surface area contributed by atoms with E-state index in [1.165, 1.54) is 31.2 Å². The van der Waals surface area contributed by atoms with Crippen molar-refractivity contribution in [3.05, 3.63) is 34.3 Å². The molecule has 0 aromatic heterocycles. The van der Waals surface area contributed by atoms with Crippen LogP contribution in [0.2, 0.25) is 0 Å². The summed E-state index contributed by atoms with van der Waals surface area (Å²) in [7, 11) is 0. The Morgan fingerprint density at radius 2 is 2.05 bits per heavy atom. The molecule has 0 aliphatic rings. The molecule has 3 heteroatoms. The van der Waals surface area contributed by atoms with Gasteiger partial charge in [0.2, 0.25) is 0 Å². The molecule has 0 heterocycles. The van der Waals surface area contributed by atoms with Gasteiger partial charge in [-0.1, -0.05) is 77.1 Å². The van der Waals surface area contributed by atoms with Gasteiger partial charge in [0, 0.05) is 9.80 Å². The van der Waals surface area contributed by atoms with Crippen LogP contribution in [0.5, 0.6) is 0 Å². The number of unbranched alkanes of at least 4 members (excludes halogenated alkanes) is 1. The normalized spacial score (nSPS) is 14.3. The van der Waals surface area contributed by atoms with E-state index in [1.807, 2.05) is 6.07 Å². The van der Waals surface area contributed by atoms with Crippen molar-refractivity contribution >= 4 is 31.9 Å². The van der Waals surface area contributed by atoms with Crippen molar-refractivity contribution in [2.45, 2.75) is 45.6 Å². The highest BCUT2D eigenvalue weighted by Crippen LogP contribution is 2.25. The van der Waals surface area contributed by atoms with Crippen LogP contribution < -0.4 is 0 Å². The predicted molar refractivity (Wildman–Crippen MR) is 89.9 cm³/mol. The van der Waals surface area contributed by atoms with E-state index in [4.69, 9.17) is 4.74 Å². The summed E-state index contributed by atoms with van der Waals surface area (Å²) >= 11 is 7.08. The van der Waals surface area contributed by atoms with E-state index in [-0.39, 0.29) is 6.10 Å². The Kier molecular flexibility index (Phi) is 9.01. The highest BCUT2D eigenvalue weighted by molar-refractivity contribution is 9.10. The number of alkyl halides is 1. The molecule has 1 aromatic carbocycles. The van der Waals surface area contributed by atoms with Crippen molar-refractivity contribution in [2.75, 3.05) is 11.9 Å². The van der Waals surface area contributed by atoms with Crippen LogP contribution >= 0.6 is 31.9 Å². The van der Waals surface area contributed by atoms with Crippen molar-refractivity contribution in [1.29, 1.82) is 0 Å². The smallest absolute Gasteiger partial charge is 0.0922 e. The van der Waals surface area contributed by atoms with Gasteiger partial charge in [-0.15, -0.1) is 0 Å². The molecule has 0 fully saturated rings. The highest BCUT2D eigenvalue weighted by Gasteiger charge is 2.14. The quantitative estimate of drug-likeness (QED) is 0.460. The van der Waals surface area contributed by atoms with Crippen LogP contribution in [-0.2, 0) is 4.74 Å². The number of rotatable bonds is 9. The number of hydrogen-bond donors (Lipinski definition) is 0. The van der Waals surface area contributed by atoms with E-state index in [1.54, 1.807) is 0 Å². The third-order valence-corrected chi connectivity index (χ3v) is 4.52. The van der Waals surface area contributed by atoms with Gasteiger partial charge in [0.25, 0.3) is 0 Å². The Morgan fingerprint density at radius 1 is 1.26 bits per heavy atom. The van der Waals surface area contributed by atoms with Crippen molar-refractivity contribution in [3.8, 4) is 0 Å². The van der Waals surface area contributed by atoms with Gasteiger partial charge in [-0.25, -0.2) is 0 Å². The van der Waals surface area contributed by atoms with Gasteiger partial charge in [0.05, 0.1) is 12.7 Å². The van der Waals surface area contributed by atoms with Gasteiger partial charge >= 0.3 is 0 Å². The Hall–Kier alpha value is 0.140. The third-order valence-electron chi connectivity index (χ3n) is 3.44. The number of ether oxygens (including phenoxy) is 1. The molecule has 0 aliphatic carbocycles. The van der Waals surface area contributed by atoms with Crippen LogP contribution in [-0.4, -0.2) is 11.9 Å². The zero-order valence-corrected chi connectivity index (χ0v) is 15.0. The third kappa shape index (κ3) is 6.42. The van der Waals surface area contributed by atoms with E-state index < -0.39 is 0 Å². The second-order valence-electron chi connectivity index (χ2n) is 4.95. The molecule has 19 heavy (non-hydrogen) atoms. The zero-order valence-electron chi connectivity index (χ0n) is 11.9. The van der Waals surface area contributed by atoms with Gasteiger partial charge in [-0.3, -0.25) is 0 Å². The first-order valence-electron chi connectivity index (χ1n) is 7.14. The first kappa shape index (κ1) is 17.2. The maximum Gasteiger partial charge on any atom is 0.0922 e. The summed E-state index contributed by atoms with van der Waals surface area (Å²) in [5, 5.41) is 0.841. The Bertz CT molecular complexity index is 354. The monoisotopic (exact) mass is 390 g/mol. The second kappa shape index (κ2) is 9.95. The second-order valence-corrected chi connectivity index (χ2v) is 6.51. The van der Waals surface area contributed by atoms with Crippen molar-refractivity contribution < 1.29 is 4.74 Å². The topological polar surface area (TPSA) is 9.23 Å². The summed E-state index contributed by atoms with van der Waals surface area (Å²) in [5.74, 6) is 0.689. The molecular formula is C16H24Br2O. The maximum absolute atomic E-state index is 6.11. The maximum atomic E-state index is 6.11. The summed E-state index contributed by atoms with van der Waals surface area (Å²) in [6.45, 7) is 5.36. The lowest BCUT2D eigenvalue weighted by atomic mass is 10.0. The molecule has 1 rings (SSSR count). The molecule has 0 amide bonds. The Labute approximate surface area is 134 Å². The van der Waals surface area contributed by atoms with E-state index in [9.17, 15) is 0 Å². The molecule has 0 aliphatic heterocycles. The van der Waals surface area contributed by atoms with Gasteiger partial charge in [-0.05, 0) is 30.0 Å². The van der Waals surface area contributed by atoms with Crippen LogP contribution in [0.1, 0.15) is 51.2 Å². The molecule has 1 nitrogen and oxygen atoms in total. The molecule has 0 bridgehead atoms. The summed E-state index contributed by atoms with van der Waals surface area (Å²) in [6.07, 6.45) is 5.20. The van der Waals surface area contributed by atoms with E-state index in [2.05, 4.69) is 63.9 Å². The standard InChI is InChI=1S/C16H24Br2O/c1-3-5-7-13(4-2)12-19-16(11-17)14-8-6-9-15(18)10-14/h6,8-10,13,16H,3-5,7,11-12H2,1-2H3. The minimum atomic E-state index is 0.146. The van der Waals surface area contributed by atoms with Crippen LogP contribution in [0.15, 0.2) is 28.7 Å². The zero-order chi connectivity index (χ0) is 14.1. The van der Waals surface area contributed by atoms with E-state index in [0.717, 1.165) is 16.4 Å². The molecule has 0 saturated heterocycles. The molecule has 0 radical (unpaired) electrons. The Morgan fingerprint density at radius 3 is 2.63 bits per heavy atom.